The van der Waals surface area contributed by atoms with E-state index in [2.05, 4.69) is 0 Å². The van der Waals surface area contributed by atoms with Gasteiger partial charge in [0.2, 0.25) is 0 Å². The Balaban J connectivity index is 3.99. The van der Waals surface area contributed by atoms with Crippen molar-refractivity contribution in [3.05, 3.63) is 36.0 Å². The molecule has 0 aliphatic carbocycles. The molecule has 0 atom stereocenters. The van der Waals surface area contributed by atoms with Gasteiger partial charge in [-0.3, -0.25) is 0 Å². The van der Waals surface area contributed by atoms with E-state index >= 15 is 0 Å². The number of aliphatic carboxylic acids is 1. The number of carbonyl (C=O) groups is 1. The van der Waals surface area contributed by atoms with Gasteiger partial charge < -0.3 is 5.11 Å². The fraction of sp³-hybridized carbons (Fsp3) is 0.300. The molecule has 0 heterocycles. The minimum absolute atomic E-state index is 0.739. The predicted molar refractivity (Wildman–Crippen MR) is 50.0 cm³/mol. The van der Waals surface area contributed by atoms with Gasteiger partial charge in [0.25, 0.3) is 0 Å². The van der Waals surface area contributed by atoms with E-state index in [9.17, 15) is 4.79 Å². The number of carboxylic acid groups (broad SMARTS) is 1. The fourth-order valence-corrected chi connectivity index (χ4v) is 0.665. The molecular formula is C10H14O2. The van der Waals surface area contributed by atoms with Crippen molar-refractivity contribution in [2.24, 2.45) is 0 Å². The van der Waals surface area contributed by atoms with Gasteiger partial charge in [0.15, 0.2) is 0 Å². The Kier molecular flexibility index (Phi) is 5.70. The zero-order chi connectivity index (χ0) is 9.40. The highest BCUT2D eigenvalue weighted by Crippen LogP contribution is 1.94. The molecule has 0 rings (SSSR count). The van der Waals surface area contributed by atoms with Crippen LogP contribution in [0.5, 0.6) is 0 Å². The average Bonchev–Trinajstić information content (AvgIpc) is 1.97. The van der Waals surface area contributed by atoms with Crippen LogP contribution in [0, 0.1) is 0 Å². The lowest BCUT2D eigenvalue weighted by Crippen LogP contribution is -1.87. The van der Waals surface area contributed by atoms with Gasteiger partial charge in [-0.25, -0.2) is 4.79 Å². The third-order valence-corrected chi connectivity index (χ3v) is 1.19. The van der Waals surface area contributed by atoms with Crippen LogP contribution >= 0.6 is 0 Å². The Labute approximate surface area is 72.9 Å². The standard InChI is InChI=1S/C10H14O2/c1-3-4-5-6-7-9(2)8-10(11)12/h4-8H,3H2,1-2H3,(H,11,12). The maximum atomic E-state index is 10.2. The molecule has 12 heavy (non-hydrogen) atoms. The topological polar surface area (TPSA) is 37.3 Å². The summed E-state index contributed by atoms with van der Waals surface area (Å²) in [6.07, 6.45) is 9.67. The van der Waals surface area contributed by atoms with Gasteiger partial charge >= 0.3 is 5.97 Å². The number of carboxylic acids is 1. The van der Waals surface area contributed by atoms with E-state index in [-0.39, 0.29) is 0 Å². The second kappa shape index (κ2) is 6.40. The summed E-state index contributed by atoms with van der Waals surface area (Å²) in [5.74, 6) is -0.906. The molecule has 0 radical (unpaired) electrons. The molecule has 0 aromatic rings. The molecule has 66 valence electrons. The monoisotopic (exact) mass is 166 g/mol. The van der Waals surface area contributed by atoms with E-state index in [4.69, 9.17) is 5.11 Å². The predicted octanol–water partition coefficient (Wildman–Crippen LogP) is 2.54. The van der Waals surface area contributed by atoms with Gasteiger partial charge in [-0.15, -0.1) is 0 Å². The van der Waals surface area contributed by atoms with Gasteiger partial charge in [0, 0.05) is 6.08 Å². The van der Waals surface area contributed by atoms with Crippen molar-refractivity contribution in [2.75, 3.05) is 0 Å². The molecule has 0 aliphatic heterocycles. The Bertz CT molecular complexity index is 222. The van der Waals surface area contributed by atoms with Crippen LogP contribution in [0.2, 0.25) is 0 Å². The lowest BCUT2D eigenvalue weighted by atomic mass is 10.2. The van der Waals surface area contributed by atoms with Gasteiger partial charge in [0.1, 0.15) is 0 Å². The summed E-state index contributed by atoms with van der Waals surface area (Å²) in [6, 6.07) is 0. The molecule has 0 aromatic heterocycles. The first-order valence-electron chi connectivity index (χ1n) is 3.91. The van der Waals surface area contributed by atoms with Crippen molar-refractivity contribution in [1.29, 1.82) is 0 Å². The van der Waals surface area contributed by atoms with E-state index in [1.54, 1.807) is 13.0 Å². The molecule has 0 bridgehead atoms. The van der Waals surface area contributed by atoms with Crippen LogP contribution in [-0.4, -0.2) is 11.1 Å². The van der Waals surface area contributed by atoms with Crippen molar-refractivity contribution in [3.8, 4) is 0 Å². The van der Waals surface area contributed by atoms with Gasteiger partial charge in [-0.2, -0.15) is 0 Å². The van der Waals surface area contributed by atoms with Crippen molar-refractivity contribution < 1.29 is 9.90 Å². The maximum absolute atomic E-state index is 10.2. The lowest BCUT2D eigenvalue weighted by molar-refractivity contribution is -0.131. The van der Waals surface area contributed by atoms with Crippen LogP contribution in [0.1, 0.15) is 20.3 Å². The Morgan fingerprint density at radius 1 is 1.42 bits per heavy atom. The van der Waals surface area contributed by atoms with E-state index < -0.39 is 5.97 Å². The van der Waals surface area contributed by atoms with E-state index in [0.717, 1.165) is 12.0 Å². The highest BCUT2D eigenvalue weighted by molar-refractivity contribution is 5.81. The van der Waals surface area contributed by atoms with E-state index in [0.29, 0.717) is 0 Å². The van der Waals surface area contributed by atoms with Crippen molar-refractivity contribution in [3.63, 3.8) is 0 Å². The normalized spacial score (nSPS) is 13.0. The molecular weight excluding hydrogens is 152 g/mol. The molecule has 0 aliphatic rings. The Hall–Kier alpha value is -1.31. The fourth-order valence-electron chi connectivity index (χ4n) is 0.665. The highest BCUT2D eigenvalue weighted by atomic mass is 16.4. The maximum Gasteiger partial charge on any atom is 0.328 e. The molecule has 0 aromatic carbocycles. The number of rotatable bonds is 4. The van der Waals surface area contributed by atoms with E-state index in [1.807, 2.05) is 25.2 Å². The zero-order valence-electron chi connectivity index (χ0n) is 7.45. The lowest BCUT2D eigenvalue weighted by Gasteiger charge is -1.86. The van der Waals surface area contributed by atoms with Crippen molar-refractivity contribution in [1.82, 2.24) is 0 Å². The largest absolute Gasteiger partial charge is 0.478 e. The molecule has 1 N–H and O–H groups in total. The summed E-state index contributed by atoms with van der Waals surface area (Å²) >= 11 is 0. The molecule has 0 spiro atoms. The molecule has 0 amide bonds. The van der Waals surface area contributed by atoms with Crippen molar-refractivity contribution in [2.45, 2.75) is 20.3 Å². The Morgan fingerprint density at radius 3 is 2.58 bits per heavy atom. The minimum atomic E-state index is -0.906. The van der Waals surface area contributed by atoms with E-state index in [1.165, 1.54) is 6.08 Å². The van der Waals surface area contributed by atoms with Crippen LogP contribution in [0.25, 0.3) is 0 Å². The van der Waals surface area contributed by atoms with Crippen LogP contribution in [0.4, 0.5) is 0 Å². The SMILES string of the molecule is CCC=CC=CC(C)=CC(=O)O. The molecule has 0 saturated carbocycles. The third kappa shape index (κ3) is 6.81. The molecule has 0 saturated heterocycles. The summed E-state index contributed by atoms with van der Waals surface area (Å²) in [4.78, 5) is 10.2. The average molecular weight is 166 g/mol. The highest BCUT2D eigenvalue weighted by Gasteiger charge is 1.87. The number of hydrogen-bond acceptors (Lipinski definition) is 1. The van der Waals surface area contributed by atoms with Crippen molar-refractivity contribution >= 4 is 5.97 Å². The molecule has 0 fully saturated rings. The van der Waals surface area contributed by atoms with Crippen LogP contribution in [0.3, 0.4) is 0 Å². The first-order valence-corrected chi connectivity index (χ1v) is 3.91. The van der Waals surface area contributed by atoms with Gasteiger partial charge in [-0.1, -0.05) is 31.2 Å². The molecule has 2 nitrogen and oxygen atoms in total. The second-order valence-corrected chi connectivity index (χ2v) is 2.42. The quantitative estimate of drug-likeness (QED) is 0.514. The first-order chi connectivity index (χ1) is 5.66. The minimum Gasteiger partial charge on any atom is -0.478 e. The van der Waals surface area contributed by atoms with Gasteiger partial charge in [0.05, 0.1) is 0 Å². The summed E-state index contributed by atoms with van der Waals surface area (Å²) in [5.41, 5.74) is 0.739. The van der Waals surface area contributed by atoms with Crippen LogP contribution in [0.15, 0.2) is 36.0 Å². The second-order valence-electron chi connectivity index (χ2n) is 2.42. The summed E-state index contributed by atoms with van der Waals surface area (Å²) in [7, 11) is 0. The molecule has 0 unspecified atom stereocenters. The van der Waals surface area contributed by atoms with Crippen LogP contribution in [-0.2, 0) is 4.79 Å². The number of allylic oxidation sites excluding steroid dienone is 5. The van der Waals surface area contributed by atoms with Crippen LogP contribution < -0.4 is 0 Å². The zero-order valence-corrected chi connectivity index (χ0v) is 7.45. The summed E-state index contributed by atoms with van der Waals surface area (Å²) < 4.78 is 0. The Morgan fingerprint density at radius 2 is 2.08 bits per heavy atom. The first kappa shape index (κ1) is 10.7. The summed E-state index contributed by atoms with van der Waals surface area (Å²) in [5, 5.41) is 8.36. The smallest absolute Gasteiger partial charge is 0.328 e. The van der Waals surface area contributed by atoms with Gasteiger partial charge in [-0.05, 0) is 18.9 Å². The number of hydrogen-bond donors (Lipinski definition) is 1. The summed E-state index contributed by atoms with van der Waals surface area (Å²) in [6.45, 7) is 3.80. The third-order valence-electron chi connectivity index (χ3n) is 1.19. The molecule has 2 heteroatoms.